The monoisotopic (exact) mass is 430 g/mol. The highest BCUT2D eigenvalue weighted by atomic mass is 127. The number of nitrogens with two attached hydrogens (primary N) is 1. The zero-order valence-electron chi connectivity index (χ0n) is 14.6. The molecule has 0 bridgehead atoms. The molecule has 0 amide bonds. The van der Waals surface area contributed by atoms with Gasteiger partial charge in [-0.05, 0) is 38.3 Å². The van der Waals surface area contributed by atoms with E-state index in [1.54, 1.807) is 0 Å². The molecular weight excluding hydrogens is 399 g/mol. The average Bonchev–Trinajstić information content (AvgIpc) is 2.53. The van der Waals surface area contributed by atoms with Crippen LogP contribution in [0.3, 0.4) is 0 Å². The van der Waals surface area contributed by atoms with Crippen molar-refractivity contribution < 1.29 is 0 Å². The lowest BCUT2D eigenvalue weighted by Crippen LogP contribution is -2.43. The largest absolute Gasteiger partial charge is 0.370 e. The average molecular weight is 430 g/mol. The topological polar surface area (TPSA) is 44.9 Å². The molecule has 0 saturated carbocycles. The van der Waals surface area contributed by atoms with Crippen LogP contribution in [0, 0.1) is 5.92 Å². The van der Waals surface area contributed by atoms with Crippen LogP contribution in [-0.2, 0) is 6.54 Å². The minimum absolute atomic E-state index is 0. The van der Waals surface area contributed by atoms with E-state index in [-0.39, 0.29) is 24.0 Å². The number of rotatable bonds is 5. The first kappa shape index (κ1) is 20.2. The van der Waals surface area contributed by atoms with E-state index < -0.39 is 0 Å². The zero-order valence-corrected chi connectivity index (χ0v) is 16.9. The van der Waals surface area contributed by atoms with Gasteiger partial charge < -0.3 is 10.6 Å². The Morgan fingerprint density at radius 2 is 1.91 bits per heavy atom. The molecule has 4 nitrogen and oxygen atoms in total. The summed E-state index contributed by atoms with van der Waals surface area (Å²) in [4.78, 5) is 9.16. The van der Waals surface area contributed by atoms with Crippen LogP contribution in [0.25, 0.3) is 0 Å². The van der Waals surface area contributed by atoms with Gasteiger partial charge in [0.1, 0.15) is 0 Å². The van der Waals surface area contributed by atoms with Crippen molar-refractivity contribution in [1.29, 1.82) is 0 Å². The van der Waals surface area contributed by atoms with Gasteiger partial charge in [0, 0.05) is 25.7 Å². The third-order valence-electron chi connectivity index (χ3n) is 4.65. The van der Waals surface area contributed by atoms with Crippen LogP contribution >= 0.6 is 24.0 Å². The summed E-state index contributed by atoms with van der Waals surface area (Å²) in [7, 11) is 2.14. The van der Waals surface area contributed by atoms with Crippen LogP contribution in [0.5, 0.6) is 0 Å². The molecule has 130 valence electrons. The summed E-state index contributed by atoms with van der Waals surface area (Å²) in [5.74, 6) is 1.53. The molecule has 1 saturated heterocycles. The van der Waals surface area contributed by atoms with Crippen molar-refractivity contribution in [2.75, 3.05) is 26.7 Å². The SMILES string of the molecule is CC1CCN(C(N)=NCC(C)N(C)Cc2ccccc2)CC1.I. The molecule has 1 aromatic carbocycles. The Hall–Kier alpha value is -0.820. The number of likely N-dealkylation sites (N-methyl/N-ethyl adjacent to an activating group) is 1. The molecule has 1 aliphatic rings. The first-order chi connectivity index (χ1) is 10.6. The van der Waals surface area contributed by atoms with E-state index in [0.717, 1.165) is 32.1 Å². The van der Waals surface area contributed by atoms with Gasteiger partial charge in [0.2, 0.25) is 0 Å². The molecule has 0 radical (unpaired) electrons. The molecule has 1 fully saturated rings. The number of guanidine groups is 1. The third kappa shape index (κ3) is 6.67. The van der Waals surface area contributed by atoms with E-state index >= 15 is 0 Å². The molecule has 23 heavy (non-hydrogen) atoms. The van der Waals surface area contributed by atoms with Gasteiger partial charge in [-0.25, -0.2) is 0 Å². The Morgan fingerprint density at radius 3 is 2.52 bits per heavy atom. The van der Waals surface area contributed by atoms with Crippen molar-refractivity contribution in [3.8, 4) is 0 Å². The number of hydrogen-bond acceptors (Lipinski definition) is 2. The molecule has 2 N–H and O–H groups in total. The van der Waals surface area contributed by atoms with Crippen molar-refractivity contribution >= 4 is 29.9 Å². The van der Waals surface area contributed by atoms with Gasteiger partial charge in [0.05, 0.1) is 6.54 Å². The number of nitrogens with zero attached hydrogens (tertiary/aromatic N) is 3. The lowest BCUT2D eigenvalue weighted by atomic mass is 10.00. The number of halogens is 1. The van der Waals surface area contributed by atoms with E-state index in [4.69, 9.17) is 5.73 Å². The van der Waals surface area contributed by atoms with Crippen molar-refractivity contribution in [2.45, 2.75) is 39.3 Å². The summed E-state index contributed by atoms with van der Waals surface area (Å²) in [5.41, 5.74) is 7.48. The van der Waals surface area contributed by atoms with E-state index in [1.807, 2.05) is 0 Å². The van der Waals surface area contributed by atoms with Crippen molar-refractivity contribution in [3.05, 3.63) is 35.9 Å². The van der Waals surface area contributed by atoms with E-state index in [1.165, 1.54) is 18.4 Å². The predicted molar refractivity (Wildman–Crippen MR) is 109 cm³/mol. The summed E-state index contributed by atoms with van der Waals surface area (Å²) in [6.07, 6.45) is 2.44. The molecule has 0 aromatic heterocycles. The molecule has 1 aliphatic heterocycles. The van der Waals surface area contributed by atoms with Gasteiger partial charge in [-0.1, -0.05) is 37.3 Å². The highest BCUT2D eigenvalue weighted by molar-refractivity contribution is 14.0. The third-order valence-corrected chi connectivity index (χ3v) is 4.65. The Labute approximate surface area is 158 Å². The normalized spacial score (nSPS) is 17.9. The van der Waals surface area contributed by atoms with Crippen molar-refractivity contribution in [3.63, 3.8) is 0 Å². The summed E-state index contributed by atoms with van der Waals surface area (Å²) in [5, 5.41) is 0. The fourth-order valence-electron chi connectivity index (χ4n) is 2.73. The van der Waals surface area contributed by atoms with Crippen LogP contribution in [0.15, 0.2) is 35.3 Å². The highest BCUT2D eigenvalue weighted by Crippen LogP contribution is 2.15. The lowest BCUT2D eigenvalue weighted by molar-refractivity contribution is 0.251. The Balaban J connectivity index is 0.00000264. The second-order valence-electron chi connectivity index (χ2n) is 6.62. The van der Waals surface area contributed by atoms with Gasteiger partial charge in [-0.15, -0.1) is 24.0 Å². The number of piperidine rings is 1. The Kier molecular flexibility index (Phi) is 8.91. The Bertz CT molecular complexity index is 469. The van der Waals surface area contributed by atoms with Crippen molar-refractivity contribution in [2.24, 2.45) is 16.6 Å². The van der Waals surface area contributed by atoms with E-state index in [0.29, 0.717) is 12.0 Å². The molecular formula is C18H31IN4. The molecule has 1 heterocycles. The number of aliphatic imine (C=N–C) groups is 1. The quantitative estimate of drug-likeness (QED) is 0.444. The molecule has 5 heteroatoms. The molecule has 0 spiro atoms. The number of likely N-dealkylation sites (tertiary alicyclic amines) is 1. The van der Waals surface area contributed by atoms with Gasteiger partial charge in [-0.2, -0.15) is 0 Å². The van der Waals surface area contributed by atoms with Gasteiger partial charge in [-0.3, -0.25) is 9.89 Å². The second-order valence-corrected chi connectivity index (χ2v) is 6.62. The highest BCUT2D eigenvalue weighted by Gasteiger charge is 2.17. The van der Waals surface area contributed by atoms with Crippen LogP contribution in [0.1, 0.15) is 32.3 Å². The van der Waals surface area contributed by atoms with Crippen LogP contribution < -0.4 is 5.73 Å². The minimum Gasteiger partial charge on any atom is -0.370 e. The van der Waals surface area contributed by atoms with Gasteiger partial charge in [0.25, 0.3) is 0 Å². The molecule has 1 atom stereocenters. The first-order valence-corrected chi connectivity index (χ1v) is 8.35. The van der Waals surface area contributed by atoms with E-state index in [9.17, 15) is 0 Å². The fourth-order valence-corrected chi connectivity index (χ4v) is 2.73. The number of benzene rings is 1. The molecule has 0 aliphatic carbocycles. The minimum atomic E-state index is 0. The maximum atomic E-state index is 6.15. The molecule has 2 rings (SSSR count). The maximum absolute atomic E-state index is 6.15. The molecule has 1 unspecified atom stereocenters. The smallest absolute Gasteiger partial charge is 0.191 e. The van der Waals surface area contributed by atoms with Crippen molar-refractivity contribution in [1.82, 2.24) is 9.80 Å². The van der Waals surface area contributed by atoms with Gasteiger partial charge >= 0.3 is 0 Å². The molecule has 1 aromatic rings. The summed E-state index contributed by atoms with van der Waals surface area (Å²) in [6.45, 7) is 8.30. The lowest BCUT2D eigenvalue weighted by Gasteiger charge is -2.31. The first-order valence-electron chi connectivity index (χ1n) is 8.35. The number of hydrogen-bond donors (Lipinski definition) is 1. The van der Waals surface area contributed by atoms with E-state index in [2.05, 4.69) is 66.0 Å². The summed E-state index contributed by atoms with van der Waals surface area (Å²) >= 11 is 0. The fraction of sp³-hybridized carbons (Fsp3) is 0.611. The van der Waals surface area contributed by atoms with Crippen LogP contribution in [-0.4, -0.2) is 48.5 Å². The second kappa shape index (κ2) is 10.1. The maximum Gasteiger partial charge on any atom is 0.191 e. The predicted octanol–water partition coefficient (Wildman–Crippen LogP) is 3.17. The summed E-state index contributed by atoms with van der Waals surface area (Å²) < 4.78 is 0. The van der Waals surface area contributed by atoms with Crippen LogP contribution in [0.2, 0.25) is 0 Å². The summed E-state index contributed by atoms with van der Waals surface area (Å²) in [6, 6.07) is 10.9. The zero-order chi connectivity index (χ0) is 15.9. The Morgan fingerprint density at radius 1 is 1.30 bits per heavy atom. The van der Waals surface area contributed by atoms with Crippen LogP contribution in [0.4, 0.5) is 0 Å². The standard InChI is InChI=1S/C18H30N4.HI/c1-15-9-11-22(12-10-15)18(19)20-13-16(2)21(3)14-17-7-5-4-6-8-17;/h4-8,15-16H,9-14H2,1-3H3,(H2,19,20);1H. The van der Waals surface area contributed by atoms with Gasteiger partial charge in [0.15, 0.2) is 5.96 Å².